The molecule has 5 heteroatoms. The Bertz CT molecular complexity index is 227. The minimum absolute atomic E-state index is 0.182. The van der Waals surface area contributed by atoms with E-state index in [1.54, 1.807) is 19.0 Å². The fourth-order valence-electron chi connectivity index (χ4n) is 1.21. The number of carboxylic acids is 1. The maximum Gasteiger partial charge on any atom is 0.234 e. The average molecular weight is 215 g/mol. The monoisotopic (exact) mass is 215 g/mol. The molecule has 0 aliphatic heterocycles. The molecule has 0 saturated carbocycles. The first kappa shape index (κ1) is 13.9. The Balaban J connectivity index is 4.16. The van der Waals surface area contributed by atoms with Crippen LogP contribution in [0.5, 0.6) is 0 Å². The molecule has 0 bridgehead atoms. The van der Waals surface area contributed by atoms with Gasteiger partial charge < -0.3 is 20.1 Å². The van der Waals surface area contributed by atoms with Crippen LogP contribution in [0, 0.1) is 5.92 Å². The third kappa shape index (κ3) is 6.90. The van der Waals surface area contributed by atoms with Gasteiger partial charge in [0.1, 0.15) is 0 Å². The van der Waals surface area contributed by atoms with Gasteiger partial charge in [-0.2, -0.15) is 0 Å². The largest absolute Gasteiger partial charge is 0.548 e. The molecule has 5 nitrogen and oxygen atoms in total. The fraction of sp³-hybridized carbons (Fsp3) is 0.800. The summed E-state index contributed by atoms with van der Waals surface area (Å²) in [4.78, 5) is 23.7. The molecule has 0 heterocycles. The van der Waals surface area contributed by atoms with Crippen molar-refractivity contribution in [1.29, 1.82) is 0 Å². The zero-order valence-electron chi connectivity index (χ0n) is 9.74. The van der Waals surface area contributed by atoms with E-state index < -0.39 is 12.0 Å². The van der Waals surface area contributed by atoms with Crippen LogP contribution in [-0.2, 0) is 9.59 Å². The summed E-state index contributed by atoms with van der Waals surface area (Å²) in [6.45, 7) is 3.98. The van der Waals surface area contributed by atoms with E-state index >= 15 is 0 Å². The van der Waals surface area contributed by atoms with Gasteiger partial charge in [-0.15, -0.1) is 0 Å². The van der Waals surface area contributed by atoms with E-state index in [4.69, 9.17) is 0 Å². The smallest absolute Gasteiger partial charge is 0.234 e. The van der Waals surface area contributed by atoms with E-state index in [2.05, 4.69) is 5.32 Å². The summed E-state index contributed by atoms with van der Waals surface area (Å²) >= 11 is 0. The van der Waals surface area contributed by atoms with Crippen LogP contribution in [0.25, 0.3) is 0 Å². The molecular formula is C10H19N2O3-. The van der Waals surface area contributed by atoms with Gasteiger partial charge in [-0.1, -0.05) is 13.8 Å². The molecule has 0 aromatic rings. The molecule has 0 unspecified atom stereocenters. The number of nitrogens with one attached hydrogen (secondary N) is 1. The Morgan fingerprint density at radius 2 is 1.87 bits per heavy atom. The topological polar surface area (TPSA) is 72.5 Å². The van der Waals surface area contributed by atoms with Crippen LogP contribution in [-0.4, -0.2) is 43.5 Å². The van der Waals surface area contributed by atoms with Gasteiger partial charge in [-0.3, -0.25) is 4.79 Å². The number of hydrogen-bond donors (Lipinski definition) is 1. The van der Waals surface area contributed by atoms with Crippen molar-refractivity contribution in [1.82, 2.24) is 10.2 Å². The van der Waals surface area contributed by atoms with Gasteiger partial charge in [-0.25, -0.2) is 0 Å². The van der Waals surface area contributed by atoms with E-state index in [1.807, 2.05) is 13.8 Å². The second-order valence-corrected chi connectivity index (χ2v) is 4.31. The Hall–Kier alpha value is -1.10. The second kappa shape index (κ2) is 6.40. The first-order chi connectivity index (χ1) is 6.82. The summed E-state index contributed by atoms with van der Waals surface area (Å²) in [5, 5.41) is 13.2. The minimum atomic E-state index is -1.23. The van der Waals surface area contributed by atoms with Crippen molar-refractivity contribution in [3.63, 3.8) is 0 Å². The second-order valence-electron chi connectivity index (χ2n) is 4.31. The van der Waals surface area contributed by atoms with Crippen molar-refractivity contribution in [2.24, 2.45) is 5.92 Å². The number of hydrogen-bond acceptors (Lipinski definition) is 4. The third-order valence-electron chi connectivity index (χ3n) is 1.79. The molecule has 0 aliphatic rings. The third-order valence-corrected chi connectivity index (χ3v) is 1.79. The molecule has 0 radical (unpaired) electrons. The van der Waals surface area contributed by atoms with Crippen LogP contribution in [0.1, 0.15) is 20.3 Å². The zero-order chi connectivity index (χ0) is 12.0. The van der Waals surface area contributed by atoms with Gasteiger partial charge in [0.2, 0.25) is 5.91 Å². The number of rotatable bonds is 6. The SMILES string of the molecule is CC(C)C[C@H](NC(=O)CN(C)C)C(=O)[O-]. The molecule has 0 aromatic heterocycles. The van der Waals surface area contributed by atoms with Crippen molar-refractivity contribution in [3.8, 4) is 0 Å². The molecule has 1 amide bonds. The maximum atomic E-state index is 11.3. The Kier molecular flexibility index (Phi) is 5.93. The lowest BCUT2D eigenvalue weighted by atomic mass is 10.0. The summed E-state index contributed by atoms with van der Waals surface area (Å²) in [6, 6.07) is -0.891. The molecule has 0 saturated heterocycles. The lowest BCUT2D eigenvalue weighted by Gasteiger charge is -2.22. The number of nitrogens with zero attached hydrogens (tertiary/aromatic N) is 1. The average Bonchev–Trinajstić information content (AvgIpc) is 1.99. The van der Waals surface area contributed by atoms with Crippen LogP contribution in [0.2, 0.25) is 0 Å². The van der Waals surface area contributed by atoms with Crippen molar-refractivity contribution in [3.05, 3.63) is 0 Å². The van der Waals surface area contributed by atoms with Crippen LogP contribution in [0.3, 0.4) is 0 Å². The van der Waals surface area contributed by atoms with Crippen molar-refractivity contribution < 1.29 is 14.7 Å². The van der Waals surface area contributed by atoms with E-state index in [0.717, 1.165) is 0 Å². The summed E-state index contributed by atoms with van der Waals surface area (Å²) in [7, 11) is 3.49. The molecule has 1 atom stereocenters. The fourth-order valence-corrected chi connectivity index (χ4v) is 1.21. The van der Waals surface area contributed by atoms with Crippen LogP contribution in [0.15, 0.2) is 0 Å². The highest BCUT2D eigenvalue weighted by Gasteiger charge is 2.15. The number of aliphatic carboxylic acids is 1. The Labute approximate surface area is 90.5 Å². The van der Waals surface area contributed by atoms with Gasteiger partial charge in [0.25, 0.3) is 0 Å². The van der Waals surface area contributed by atoms with Crippen molar-refractivity contribution in [2.45, 2.75) is 26.3 Å². The summed E-state index contributed by atoms with van der Waals surface area (Å²) in [5.74, 6) is -1.32. The van der Waals surface area contributed by atoms with E-state index in [1.165, 1.54) is 0 Å². The van der Waals surface area contributed by atoms with Gasteiger partial charge >= 0.3 is 0 Å². The normalized spacial score (nSPS) is 12.9. The van der Waals surface area contributed by atoms with Crippen LogP contribution >= 0.6 is 0 Å². The lowest BCUT2D eigenvalue weighted by Crippen LogP contribution is -2.50. The molecular weight excluding hydrogens is 196 g/mol. The first-order valence-electron chi connectivity index (χ1n) is 4.98. The molecule has 0 fully saturated rings. The molecule has 0 rings (SSSR count). The van der Waals surface area contributed by atoms with Crippen LogP contribution in [0.4, 0.5) is 0 Å². The molecule has 88 valence electrons. The summed E-state index contributed by atoms with van der Waals surface area (Å²) < 4.78 is 0. The number of amides is 1. The van der Waals surface area contributed by atoms with Crippen molar-refractivity contribution in [2.75, 3.05) is 20.6 Å². The Morgan fingerprint density at radius 1 is 1.33 bits per heavy atom. The van der Waals surface area contributed by atoms with Crippen molar-refractivity contribution >= 4 is 11.9 Å². The number of carboxylic acid groups (broad SMARTS) is 1. The van der Waals surface area contributed by atoms with Gasteiger partial charge in [0, 0.05) is 0 Å². The maximum absolute atomic E-state index is 11.3. The minimum Gasteiger partial charge on any atom is -0.548 e. The highest BCUT2D eigenvalue weighted by atomic mass is 16.4. The number of likely N-dealkylation sites (N-methyl/N-ethyl adjacent to an activating group) is 1. The predicted octanol–water partition coefficient (Wildman–Crippen LogP) is -1.17. The Morgan fingerprint density at radius 3 is 2.20 bits per heavy atom. The molecule has 15 heavy (non-hydrogen) atoms. The number of carbonyl (C=O) groups is 2. The first-order valence-corrected chi connectivity index (χ1v) is 4.98. The molecule has 0 aliphatic carbocycles. The number of carbonyl (C=O) groups excluding carboxylic acids is 2. The highest BCUT2D eigenvalue weighted by Crippen LogP contribution is 2.03. The lowest BCUT2D eigenvalue weighted by molar-refractivity contribution is -0.308. The summed E-state index contributed by atoms with van der Waals surface area (Å²) in [5.41, 5.74) is 0. The molecule has 0 spiro atoms. The van der Waals surface area contributed by atoms with Gasteiger partial charge in [-0.05, 0) is 26.4 Å². The molecule has 1 N–H and O–H groups in total. The summed E-state index contributed by atoms with van der Waals surface area (Å²) in [6.07, 6.45) is 0.390. The van der Waals surface area contributed by atoms with E-state index in [-0.39, 0.29) is 18.4 Å². The quantitative estimate of drug-likeness (QED) is 0.606. The zero-order valence-corrected chi connectivity index (χ0v) is 9.74. The van der Waals surface area contributed by atoms with E-state index in [9.17, 15) is 14.7 Å². The van der Waals surface area contributed by atoms with Gasteiger partial charge in [0.05, 0.1) is 18.6 Å². The van der Waals surface area contributed by atoms with E-state index in [0.29, 0.717) is 6.42 Å². The van der Waals surface area contributed by atoms with Crippen LogP contribution < -0.4 is 10.4 Å². The standard InChI is InChI=1S/C10H20N2O3/c1-7(2)5-8(10(14)15)11-9(13)6-12(3)4/h7-8H,5-6H2,1-4H3,(H,11,13)(H,14,15)/p-1/t8-/m0/s1. The highest BCUT2D eigenvalue weighted by molar-refractivity contribution is 5.83. The van der Waals surface area contributed by atoms with Gasteiger partial charge in [0.15, 0.2) is 0 Å². The predicted molar refractivity (Wildman–Crippen MR) is 54.9 cm³/mol. The molecule has 0 aromatic carbocycles.